The zero-order chi connectivity index (χ0) is 13.9. The predicted molar refractivity (Wildman–Crippen MR) is 75.3 cm³/mol. The highest BCUT2D eigenvalue weighted by Crippen LogP contribution is 2.38. The van der Waals surface area contributed by atoms with Gasteiger partial charge in [0.2, 0.25) is 0 Å². The Kier molecular flexibility index (Phi) is 4.71. The summed E-state index contributed by atoms with van der Waals surface area (Å²) in [6.45, 7) is 6.14. The maximum Gasteiger partial charge on any atom is 0.129 e. The van der Waals surface area contributed by atoms with Gasteiger partial charge in [0, 0.05) is 11.8 Å². The first-order valence-corrected chi connectivity index (χ1v) is 6.47. The minimum atomic E-state index is -0.629. The van der Waals surface area contributed by atoms with Crippen molar-refractivity contribution in [3.8, 4) is 0 Å². The number of nitrogens with zero attached hydrogens (tertiary/aromatic N) is 2. The third kappa shape index (κ3) is 2.35. The minimum Gasteiger partial charge on any atom is -0.386 e. The van der Waals surface area contributed by atoms with E-state index in [2.05, 4.69) is 23.7 Å². The summed E-state index contributed by atoms with van der Waals surface area (Å²) >= 11 is 0. The lowest BCUT2D eigenvalue weighted by molar-refractivity contribution is -0.0150. The monoisotopic (exact) mass is 251 g/mol. The molecule has 18 heavy (non-hydrogen) atoms. The molecule has 0 aromatic carbocycles. The number of nitrogen functional groups attached to an aromatic ring is 1. The van der Waals surface area contributed by atoms with E-state index in [-0.39, 0.29) is 5.54 Å². The fourth-order valence-electron chi connectivity index (χ4n) is 2.73. The van der Waals surface area contributed by atoms with Crippen LogP contribution in [0.1, 0.15) is 43.9 Å². The Morgan fingerprint density at radius 2 is 1.94 bits per heavy atom. The number of hydrogen-bond donors (Lipinski definition) is 2. The molecule has 1 aromatic rings. The summed E-state index contributed by atoms with van der Waals surface area (Å²) in [4.78, 5) is 6.19. The van der Waals surface area contributed by atoms with Crippen LogP contribution in [-0.4, -0.2) is 34.6 Å². The van der Waals surface area contributed by atoms with Crippen molar-refractivity contribution in [3.63, 3.8) is 0 Å². The first-order valence-electron chi connectivity index (χ1n) is 6.47. The molecular formula is C14H25N3O. The van der Waals surface area contributed by atoms with Gasteiger partial charge in [-0.3, -0.25) is 0 Å². The van der Waals surface area contributed by atoms with Crippen LogP contribution in [0.2, 0.25) is 0 Å². The molecule has 3 N–H and O–H groups in total. The second-order valence-electron chi connectivity index (χ2n) is 5.03. The first-order chi connectivity index (χ1) is 8.40. The quantitative estimate of drug-likeness (QED) is 0.841. The molecule has 1 unspecified atom stereocenters. The number of aliphatic hydroxyl groups excluding tert-OH is 1. The zero-order valence-electron chi connectivity index (χ0n) is 12.1. The summed E-state index contributed by atoms with van der Waals surface area (Å²) in [6, 6.07) is 1.89. The Morgan fingerprint density at radius 1 is 1.39 bits per heavy atom. The number of pyridine rings is 1. The summed E-state index contributed by atoms with van der Waals surface area (Å²) in [5.74, 6) is 0.427. The zero-order valence-corrected chi connectivity index (χ0v) is 12.1. The van der Waals surface area contributed by atoms with Crippen molar-refractivity contribution < 1.29 is 5.11 Å². The highest BCUT2D eigenvalue weighted by Gasteiger charge is 2.39. The minimum absolute atomic E-state index is 0.304. The number of aryl methyl sites for hydroxylation is 1. The summed E-state index contributed by atoms with van der Waals surface area (Å²) in [6.07, 6.45) is 2.75. The van der Waals surface area contributed by atoms with Gasteiger partial charge in [0.05, 0.1) is 5.54 Å². The van der Waals surface area contributed by atoms with Crippen molar-refractivity contribution >= 4 is 5.82 Å². The van der Waals surface area contributed by atoms with Crippen molar-refractivity contribution in [1.82, 2.24) is 9.88 Å². The molecule has 0 aliphatic rings. The van der Waals surface area contributed by atoms with E-state index in [0.29, 0.717) is 5.82 Å². The molecule has 0 spiro atoms. The number of rotatable bonds is 5. The lowest BCUT2D eigenvalue weighted by Crippen LogP contribution is -2.48. The molecule has 0 aliphatic heterocycles. The van der Waals surface area contributed by atoms with Gasteiger partial charge >= 0.3 is 0 Å². The summed E-state index contributed by atoms with van der Waals surface area (Å²) in [5, 5.41) is 10.8. The van der Waals surface area contributed by atoms with Crippen molar-refractivity contribution in [1.29, 1.82) is 0 Å². The molecule has 0 aliphatic carbocycles. The maximum absolute atomic E-state index is 10.8. The molecule has 0 saturated heterocycles. The standard InChI is InChI=1S/C14H25N3O/c1-6-14(7-2,17(4)5)12(18)11-10(3)8-9-16-13(11)15/h8-9,12,18H,6-7H2,1-5H3,(H2,15,16). The van der Waals surface area contributed by atoms with E-state index in [0.717, 1.165) is 24.0 Å². The van der Waals surface area contributed by atoms with Gasteiger partial charge in [-0.2, -0.15) is 0 Å². The Balaban J connectivity index is 3.30. The van der Waals surface area contributed by atoms with Crippen LogP contribution in [0.5, 0.6) is 0 Å². The van der Waals surface area contributed by atoms with Gasteiger partial charge in [-0.05, 0) is 45.5 Å². The van der Waals surface area contributed by atoms with Gasteiger partial charge in [-0.15, -0.1) is 0 Å². The number of aliphatic hydroxyl groups is 1. The van der Waals surface area contributed by atoms with Crippen LogP contribution in [-0.2, 0) is 0 Å². The topological polar surface area (TPSA) is 62.4 Å². The molecule has 102 valence electrons. The molecule has 4 heteroatoms. The van der Waals surface area contributed by atoms with Crippen LogP contribution < -0.4 is 5.73 Å². The van der Waals surface area contributed by atoms with Gasteiger partial charge < -0.3 is 15.7 Å². The fraction of sp³-hybridized carbons (Fsp3) is 0.643. The molecule has 1 heterocycles. The van der Waals surface area contributed by atoms with Gasteiger partial charge in [0.1, 0.15) is 11.9 Å². The maximum atomic E-state index is 10.8. The van der Waals surface area contributed by atoms with Crippen LogP contribution in [0.3, 0.4) is 0 Å². The predicted octanol–water partition coefficient (Wildman–Crippen LogP) is 2.13. The van der Waals surface area contributed by atoms with E-state index in [1.807, 2.05) is 27.1 Å². The van der Waals surface area contributed by atoms with Crippen molar-refractivity contribution in [2.24, 2.45) is 0 Å². The number of hydrogen-bond acceptors (Lipinski definition) is 4. The Bertz CT molecular complexity index is 380. The molecule has 0 amide bonds. The SMILES string of the molecule is CCC(CC)(C(O)c1c(C)ccnc1N)N(C)C. The molecule has 1 aromatic heterocycles. The molecule has 0 radical (unpaired) electrons. The Labute approximate surface area is 110 Å². The van der Waals surface area contributed by atoms with E-state index < -0.39 is 6.10 Å². The lowest BCUT2D eigenvalue weighted by atomic mass is 9.80. The molecule has 0 bridgehead atoms. The van der Waals surface area contributed by atoms with E-state index in [1.54, 1.807) is 6.20 Å². The van der Waals surface area contributed by atoms with Gasteiger partial charge in [0.25, 0.3) is 0 Å². The smallest absolute Gasteiger partial charge is 0.129 e. The largest absolute Gasteiger partial charge is 0.386 e. The number of aromatic nitrogens is 1. The van der Waals surface area contributed by atoms with Gasteiger partial charge in [0.15, 0.2) is 0 Å². The Morgan fingerprint density at radius 3 is 2.33 bits per heavy atom. The van der Waals surface area contributed by atoms with Crippen LogP contribution in [0.25, 0.3) is 0 Å². The highest BCUT2D eigenvalue weighted by atomic mass is 16.3. The second-order valence-corrected chi connectivity index (χ2v) is 5.03. The first kappa shape index (κ1) is 14.9. The highest BCUT2D eigenvalue weighted by molar-refractivity contribution is 5.46. The summed E-state index contributed by atoms with van der Waals surface area (Å²) in [7, 11) is 4.00. The average Bonchev–Trinajstić information content (AvgIpc) is 2.30. The average molecular weight is 251 g/mol. The molecular weight excluding hydrogens is 226 g/mol. The van der Waals surface area contributed by atoms with Crippen LogP contribution in [0.4, 0.5) is 5.82 Å². The van der Waals surface area contributed by atoms with Gasteiger partial charge in [-0.25, -0.2) is 4.98 Å². The molecule has 0 fully saturated rings. The van der Waals surface area contributed by atoms with E-state index in [4.69, 9.17) is 5.73 Å². The second kappa shape index (κ2) is 5.67. The van der Waals surface area contributed by atoms with Gasteiger partial charge in [-0.1, -0.05) is 13.8 Å². The van der Waals surface area contributed by atoms with Crippen molar-refractivity contribution in [2.75, 3.05) is 19.8 Å². The Hall–Kier alpha value is -1.13. The third-order valence-electron chi connectivity index (χ3n) is 4.14. The molecule has 4 nitrogen and oxygen atoms in total. The van der Waals surface area contributed by atoms with Crippen molar-refractivity contribution in [3.05, 3.63) is 23.4 Å². The third-order valence-corrected chi connectivity index (χ3v) is 4.14. The number of likely N-dealkylation sites (N-methyl/N-ethyl adjacent to an activating group) is 1. The van der Waals surface area contributed by atoms with E-state index >= 15 is 0 Å². The van der Waals surface area contributed by atoms with Crippen LogP contribution in [0.15, 0.2) is 12.3 Å². The van der Waals surface area contributed by atoms with Crippen LogP contribution >= 0.6 is 0 Å². The number of nitrogens with two attached hydrogens (primary N) is 1. The lowest BCUT2D eigenvalue weighted by Gasteiger charge is -2.43. The van der Waals surface area contributed by atoms with Crippen molar-refractivity contribution in [2.45, 2.75) is 45.3 Å². The summed E-state index contributed by atoms with van der Waals surface area (Å²) in [5.41, 5.74) is 7.38. The normalized spacial score (nSPS) is 13.9. The molecule has 1 atom stereocenters. The van der Waals surface area contributed by atoms with Crippen LogP contribution in [0, 0.1) is 6.92 Å². The van der Waals surface area contributed by atoms with E-state index in [9.17, 15) is 5.11 Å². The van der Waals surface area contributed by atoms with E-state index in [1.165, 1.54) is 0 Å². The molecule has 1 rings (SSSR count). The number of anilines is 1. The molecule has 0 saturated carbocycles. The summed E-state index contributed by atoms with van der Waals surface area (Å²) < 4.78 is 0. The fourth-order valence-corrected chi connectivity index (χ4v) is 2.73.